The molecule has 0 saturated heterocycles. The number of hydrogen-bond donors (Lipinski definition) is 1. The van der Waals surface area contributed by atoms with Crippen LogP contribution in [0.15, 0.2) is 12.4 Å². The van der Waals surface area contributed by atoms with Crippen LogP contribution in [0.2, 0.25) is 0 Å². The lowest BCUT2D eigenvalue weighted by molar-refractivity contribution is 0.0702. The van der Waals surface area contributed by atoms with Gasteiger partial charge in [0.15, 0.2) is 0 Å². The van der Waals surface area contributed by atoms with Gasteiger partial charge in [0.05, 0.1) is 12.0 Å². The molecule has 0 bridgehead atoms. The molecule has 1 N–H and O–H groups in total. The zero-order valence-corrected chi connectivity index (χ0v) is 11.7. The molecule has 0 amide bonds. The standard InChI is InChI=1S/C14H16N2O2S/c1-9-10(6-13(19-9)14(17)18)7-16-8-15-11-4-2-3-5-12(11)16/h6,8H,2-5,7H2,1H3,(H,17,18). The molecule has 2 aromatic heterocycles. The lowest BCUT2D eigenvalue weighted by Gasteiger charge is -2.13. The Balaban J connectivity index is 1.89. The van der Waals surface area contributed by atoms with E-state index in [0.29, 0.717) is 4.88 Å². The fourth-order valence-electron chi connectivity index (χ4n) is 2.63. The van der Waals surface area contributed by atoms with Crippen molar-refractivity contribution in [2.45, 2.75) is 39.2 Å². The van der Waals surface area contributed by atoms with Gasteiger partial charge in [-0.3, -0.25) is 0 Å². The molecule has 19 heavy (non-hydrogen) atoms. The number of thiophene rings is 1. The van der Waals surface area contributed by atoms with Crippen LogP contribution in [0.5, 0.6) is 0 Å². The van der Waals surface area contributed by atoms with E-state index in [2.05, 4.69) is 9.55 Å². The Morgan fingerprint density at radius 3 is 3.00 bits per heavy atom. The van der Waals surface area contributed by atoms with Crippen molar-refractivity contribution in [1.82, 2.24) is 9.55 Å². The highest BCUT2D eigenvalue weighted by Gasteiger charge is 2.17. The second-order valence-corrected chi connectivity index (χ2v) is 6.23. The van der Waals surface area contributed by atoms with Gasteiger partial charge in [0, 0.05) is 17.1 Å². The van der Waals surface area contributed by atoms with Gasteiger partial charge >= 0.3 is 5.97 Å². The third kappa shape index (κ3) is 2.30. The predicted octanol–water partition coefficient (Wildman–Crippen LogP) is 2.88. The topological polar surface area (TPSA) is 55.1 Å². The first kappa shape index (κ1) is 12.4. The van der Waals surface area contributed by atoms with E-state index in [-0.39, 0.29) is 0 Å². The highest BCUT2D eigenvalue weighted by atomic mass is 32.1. The van der Waals surface area contributed by atoms with Crippen LogP contribution >= 0.6 is 11.3 Å². The monoisotopic (exact) mass is 276 g/mol. The van der Waals surface area contributed by atoms with Crippen LogP contribution < -0.4 is 0 Å². The van der Waals surface area contributed by atoms with Gasteiger partial charge < -0.3 is 9.67 Å². The van der Waals surface area contributed by atoms with Gasteiger partial charge in [-0.25, -0.2) is 9.78 Å². The van der Waals surface area contributed by atoms with Crippen LogP contribution in [0, 0.1) is 6.92 Å². The first-order valence-corrected chi connectivity index (χ1v) is 7.32. The van der Waals surface area contributed by atoms with Crippen LogP contribution in [0.4, 0.5) is 0 Å². The molecule has 0 aromatic carbocycles. The largest absolute Gasteiger partial charge is 0.477 e. The zero-order chi connectivity index (χ0) is 13.4. The fourth-order valence-corrected chi connectivity index (χ4v) is 3.51. The van der Waals surface area contributed by atoms with E-state index in [9.17, 15) is 4.79 Å². The van der Waals surface area contributed by atoms with Gasteiger partial charge in [-0.1, -0.05) is 0 Å². The smallest absolute Gasteiger partial charge is 0.345 e. The molecule has 100 valence electrons. The minimum absolute atomic E-state index is 0.418. The Bertz CT molecular complexity index is 627. The molecule has 0 fully saturated rings. The molecule has 4 nitrogen and oxygen atoms in total. The molecule has 0 unspecified atom stereocenters. The molecule has 0 aliphatic heterocycles. The Hall–Kier alpha value is -1.62. The Morgan fingerprint density at radius 2 is 2.26 bits per heavy atom. The minimum Gasteiger partial charge on any atom is -0.477 e. The number of aromatic carboxylic acids is 1. The molecule has 2 heterocycles. The van der Waals surface area contributed by atoms with Crippen LogP contribution in [0.25, 0.3) is 0 Å². The maximum absolute atomic E-state index is 11.0. The predicted molar refractivity (Wildman–Crippen MR) is 74.0 cm³/mol. The summed E-state index contributed by atoms with van der Waals surface area (Å²) in [5, 5.41) is 9.03. The van der Waals surface area contributed by atoms with Crippen molar-refractivity contribution in [3.8, 4) is 0 Å². The second-order valence-electron chi connectivity index (χ2n) is 4.97. The van der Waals surface area contributed by atoms with E-state index >= 15 is 0 Å². The van der Waals surface area contributed by atoms with Crippen LogP contribution in [0.1, 0.15) is 44.3 Å². The summed E-state index contributed by atoms with van der Waals surface area (Å²) < 4.78 is 2.18. The maximum atomic E-state index is 11.0. The van der Waals surface area contributed by atoms with Crippen LogP contribution in [-0.4, -0.2) is 20.6 Å². The molecule has 3 rings (SSSR count). The second kappa shape index (κ2) is 4.81. The number of aromatic nitrogens is 2. The minimum atomic E-state index is -0.841. The van der Waals surface area contributed by atoms with Crippen molar-refractivity contribution in [2.24, 2.45) is 0 Å². The van der Waals surface area contributed by atoms with E-state index in [1.54, 1.807) is 6.07 Å². The van der Waals surface area contributed by atoms with Gasteiger partial charge in [-0.2, -0.15) is 0 Å². The summed E-state index contributed by atoms with van der Waals surface area (Å²) >= 11 is 1.35. The number of carboxylic acids is 1. The summed E-state index contributed by atoms with van der Waals surface area (Å²) in [7, 11) is 0. The summed E-state index contributed by atoms with van der Waals surface area (Å²) in [5.74, 6) is -0.841. The molecule has 0 radical (unpaired) electrons. The number of hydrogen-bond acceptors (Lipinski definition) is 3. The van der Waals surface area contributed by atoms with Crippen molar-refractivity contribution in [2.75, 3.05) is 0 Å². The highest BCUT2D eigenvalue weighted by molar-refractivity contribution is 7.14. The van der Waals surface area contributed by atoms with Crippen LogP contribution in [-0.2, 0) is 19.4 Å². The SMILES string of the molecule is Cc1sc(C(=O)O)cc1Cn1cnc2c1CCCC2. The third-order valence-corrected chi connectivity index (χ3v) is 4.76. The Kier molecular flexibility index (Phi) is 3.14. The quantitative estimate of drug-likeness (QED) is 0.937. The van der Waals surface area contributed by atoms with E-state index < -0.39 is 5.97 Å². The number of imidazole rings is 1. The normalized spacial score (nSPS) is 14.4. The molecular formula is C14H16N2O2S. The molecule has 1 aliphatic carbocycles. The molecule has 0 saturated carbocycles. The lowest BCUT2D eigenvalue weighted by atomic mass is 10.0. The summed E-state index contributed by atoms with van der Waals surface area (Å²) in [6, 6.07) is 1.79. The first-order chi connectivity index (χ1) is 9.15. The van der Waals surface area contributed by atoms with Gasteiger partial charge in [-0.05, 0) is 44.2 Å². The molecular weight excluding hydrogens is 260 g/mol. The highest BCUT2D eigenvalue weighted by Crippen LogP contribution is 2.25. The Morgan fingerprint density at radius 1 is 1.47 bits per heavy atom. The zero-order valence-electron chi connectivity index (χ0n) is 10.8. The lowest BCUT2D eigenvalue weighted by Crippen LogP contribution is -2.09. The van der Waals surface area contributed by atoms with E-state index in [4.69, 9.17) is 5.11 Å². The number of carboxylic acid groups (broad SMARTS) is 1. The molecule has 2 aromatic rings. The van der Waals surface area contributed by atoms with Gasteiger partial charge in [0.1, 0.15) is 4.88 Å². The molecule has 0 spiro atoms. The molecule has 1 aliphatic rings. The number of rotatable bonds is 3. The molecule has 5 heteroatoms. The van der Waals surface area contributed by atoms with Gasteiger partial charge in [0.2, 0.25) is 0 Å². The average molecular weight is 276 g/mol. The summed E-state index contributed by atoms with van der Waals surface area (Å²) in [4.78, 5) is 17.0. The fraction of sp³-hybridized carbons (Fsp3) is 0.429. The average Bonchev–Trinajstić information content (AvgIpc) is 2.96. The number of nitrogens with zero attached hydrogens (tertiary/aromatic N) is 2. The van der Waals surface area contributed by atoms with E-state index in [1.165, 1.54) is 35.6 Å². The summed E-state index contributed by atoms with van der Waals surface area (Å²) in [6.45, 7) is 2.72. The summed E-state index contributed by atoms with van der Waals surface area (Å²) in [6.07, 6.45) is 6.51. The van der Waals surface area contributed by atoms with E-state index in [0.717, 1.165) is 29.8 Å². The third-order valence-electron chi connectivity index (χ3n) is 3.68. The number of carbonyl (C=O) groups is 1. The van der Waals surface area contributed by atoms with Crippen molar-refractivity contribution in [3.05, 3.63) is 39.1 Å². The van der Waals surface area contributed by atoms with Gasteiger partial charge in [-0.15, -0.1) is 11.3 Å². The first-order valence-electron chi connectivity index (χ1n) is 6.50. The Labute approximate surface area is 115 Å². The van der Waals surface area contributed by atoms with Crippen LogP contribution in [0.3, 0.4) is 0 Å². The van der Waals surface area contributed by atoms with Crippen molar-refractivity contribution in [1.29, 1.82) is 0 Å². The number of aryl methyl sites for hydroxylation is 2. The molecule has 0 atom stereocenters. The van der Waals surface area contributed by atoms with E-state index in [1.807, 2.05) is 13.3 Å². The summed E-state index contributed by atoms with van der Waals surface area (Å²) in [5.41, 5.74) is 3.64. The van der Waals surface area contributed by atoms with Gasteiger partial charge in [0.25, 0.3) is 0 Å². The maximum Gasteiger partial charge on any atom is 0.345 e. The number of fused-ring (bicyclic) bond motifs is 1. The van der Waals surface area contributed by atoms with Crippen molar-refractivity contribution >= 4 is 17.3 Å². The van der Waals surface area contributed by atoms with Crippen molar-refractivity contribution in [3.63, 3.8) is 0 Å². The van der Waals surface area contributed by atoms with Crippen molar-refractivity contribution < 1.29 is 9.90 Å².